The zero-order valence-corrected chi connectivity index (χ0v) is 9.50. The lowest BCUT2D eigenvalue weighted by atomic mass is 10.1. The fraction of sp³-hybridized carbons (Fsp3) is 0.300. The average Bonchev–Trinajstić information content (AvgIpc) is 2.26. The molecule has 3 nitrogen and oxygen atoms in total. The molecule has 0 bridgehead atoms. The topological polar surface area (TPSA) is 49.3 Å². The third kappa shape index (κ3) is 3.60. The lowest BCUT2D eigenvalue weighted by Gasteiger charge is -2.12. The number of alkyl halides is 1. The van der Waals surface area contributed by atoms with Gasteiger partial charge < -0.3 is 10.4 Å². The molecule has 5 heteroatoms. The number of aliphatic hydroxyl groups excluding tert-OH is 1. The molecule has 1 rings (SSSR count). The number of benzene rings is 1. The van der Waals surface area contributed by atoms with Gasteiger partial charge in [-0.1, -0.05) is 34.1 Å². The number of hydrogen-bond acceptors (Lipinski definition) is 2. The lowest BCUT2D eigenvalue weighted by Crippen LogP contribution is -2.29. The first-order valence-corrected chi connectivity index (χ1v) is 5.52. The second-order valence-electron chi connectivity index (χ2n) is 2.98. The summed E-state index contributed by atoms with van der Waals surface area (Å²) in [7, 11) is 0. The molecule has 0 saturated carbocycles. The van der Waals surface area contributed by atoms with E-state index in [2.05, 4.69) is 21.2 Å². The van der Waals surface area contributed by atoms with E-state index >= 15 is 0 Å². The summed E-state index contributed by atoms with van der Waals surface area (Å²) in [6.07, 6.45) is -1.02. The van der Waals surface area contributed by atoms with Crippen LogP contribution in [0.15, 0.2) is 24.3 Å². The first-order chi connectivity index (χ1) is 7.15. The molecule has 2 N–H and O–H groups in total. The van der Waals surface area contributed by atoms with Gasteiger partial charge in [-0.25, -0.2) is 4.39 Å². The molecule has 0 fully saturated rings. The van der Waals surface area contributed by atoms with Gasteiger partial charge in [-0.3, -0.25) is 4.79 Å². The van der Waals surface area contributed by atoms with E-state index in [1.807, 2.05) is 0 Å². The van der Waals surface area contributed by atoms with Crippen molar-refractivity contribution < 1.29 is 14.3 Å². The highest BCUT2D eigenvalue weighted by atomic mass is 79.9. The van der Waals surface area contributed by atoms with Crippen molar-refractivity contribution in [1.29, 1.82) is 0 Å². The Morgan fingerprint density at radius 2 is 2.20 bits per heavy atom. The van der Waals surface area contributed by atoms with Crippen LogP contribution in [0.1, 0.15) is 11.7 Å². The van der Waals surface area contributed by atoms with Gasteiger partial charge in [0.25, 0.3) is 0 Å². The van der Waals surface area contributed by atoms with Crippen LogP contribution in [0.25, 0.3) is 0 Å². The highest BCUT2D eigenvalue weighted by Gasteiger charge is 2.12. The van der Waals surface area contributed by atoms with Gasteiger partial charge >= 0.3 is 0 Å². The number of carbonyl (C=O) groups is 1. The zero-order chi connectivity index (χ0) is 11.3. The number of aliphatic hydroxyl groups is 1. The molecule has 0 saturated heterocycles. The van der Waals surface area contributed by atoms with Crippen molar-refractivity contribution in [3.05, 3.63) is 35.6 Å². The van der Waals surface area contributed by atoms with Crippen molar-refractivity contribution in [2.45, 2.75) is 6.10 Å². The summed E-state index contributed by atoms with van der Waals surface area (Å²) in [6.45, 7) is 0.00532. The number of rotatable bonds is 4. The number of hydrogen-bond donors (Lipinski definition) is 2. The third-order valence-corrected chi connectivity index (χ3v) is 2.39. The fourth-order valence-corrected chi connectivity index (χ4v) is 1.31. The Hall–Kier alpha value is -0.940. The number of halogens is 2. The predicted octanol–water partition coefficient (Wildman–Crippen LogP) is 1.37. The van der Waals surface area contributed by atoms with Gasteiger partial charge in [0, 0.05) is 12.1 Å². The molecular formula is C10H11BrFNO2. The molecule has 0 aliphatic heterocycles. The SMILES string of the molecule is O=C(CBr)NC[C@H](O)c1ccccc1F. The Morgan fingerprint density at radius 1 is 1.53 bits per heavy atom. The van der Waals surface area contributed by atoms with Gasteiger partial charge in [0.1, 0.15) is 5.82 Å². The molecule has 1 amide bonds. The Labute approximate surface area is 95.4 Å². The number of amides is 1. The molecular weight excluding hydrogens is 265 g/mol. The van der Waals surface area contributed by atoms with Crippen molar-refractivity contribution in [1.82, 2.24) is 5.32 Å². The standard InChI is InChI=1S/C10H11BrFNO2/c11-5-10(15)13-6-9(14)7-3-1-2-4-8(7)12/h1-4,9,14H,5-6H2,(H,13,15)/t9-/m0/s1. The zero-order valence-electron chi connectivity index (χ0n) is 7.91. The van der Waals surface area contributed by atoms with Gasteiger partial charge in [-0.2, -0.15) is 0 Å². The molecule has 15 heavy (non-hydrogen) atoms. The monoisotopic (exact) mass is 275 g/mol. The minimum atomic E-state index is -1.02. The largest absolute Gasteiger partial charge is 0.386 e. The molecule has 0 aliphatic rings. The van der Waals surface area contributed by atoms with E-state index in [4.69, 9.17) is 0 Å². The maximum Gasteiger partial charge on any atom is 0.230 e. The summed E-state index contributed by atoms with van der Waals surface area (Å²) in [5, 5.41) is 12.2. The van der Waals surface area contributed by atoms with Gasteiger partial charge in [-0.05, 0) is 6.07 Å². The second kappa shape index (κ2) is 5.82. The van der Waals surface area contributed by atoms with Crippen LogP contribution in [0.4, 0.5) is 4.39 Å². The Kier molecular flexibility index (Phi) is 4.71. The van der Waals surface area contributed by atoms with Crippen LogP contribution in [0.2, 0.25) is 0 Å². The molecule has 1 atom stereocenters. The van der Waals surface area contributed by atoms with E-state index in [1.54, 1.807) is 12.1 Å². The molecule has 0 aliphatic carbocycles. The van der Waals surface area contributed by atoms with E-state index in [0.29, 0.717) is 0 Å². The first kappa shape index (κ1) is 12.1. The van der Waals surface area contributed by atoms with Crippen LogP contribution >= 0.6 is 15.9 Å². The van der Waals surface area contributed by atoms with E-state index in [1.165, 1.54) is 12.1 Å². The van der Waals surface area contributed by atoms with Crippen LogP contribution < -0.4 is 5.32 Å². The maximum absolute atomic E-state index is 13.2. The lowest BCUT2D eigenvalue weighted by molar-refractivity contribution is -0.118. The van der Waals surface area contributed by atoms with Crippen molar-refractivity contribution >= 4 is 21.8 Å². The van der Waals surface area contributed by atoms with Gasteiger partial charge in [0.05, 0.1) is 11.4 Å². The Bertz CT molecular complexity index is 346. The van der Waals surface area contributed by atoms with E-state index < -0.39 is 11.9 Å². The summed E-state index contributed by atoms with van der Waals surface area (Å²) < 4.78 is 13.2. The third-order valence-electron chi connectivity index (χ3n) is 1.88. The average molecular weight is 276 g/mol. The summed E-state index contributed by atoms with van der Waals surface area (Å²) >= 11 is 2.97. The molecule has 82 valence electrons. The summed E-state index contributed by atoms with van der Waals surface area (Å²) in [4.78, 5) is 10.9. The first-order valence-electron chi connectivity index (χ1n) is 4.40. The molecule has 1 aromatic rings. The minimum absolute atomic E-state index is 0.00532. The van der Waals surface area contributed by atoms with E-state index in [9.17, 15) is 14.3 Å². The van der Waals surface area contributed by atoms with Crippen LogP contribution in [0.5, 0.6) is 0 Å². The summed E-state index contributed by atoms with van der Waals surface area (Å²) in [6, 6.07) is 5.93. The van der Waals surface area contributed by atoms with E-state index in [-0.39, 0.29) is 23.3 Å². The number of carbonyl (C=O) groups excluding carboxylic acids is 1. The van der Waals surface area contributed by atoms with Crippen LogP contribution in [-0.2, 0) is 4.79 Å². The molecule has 0 radical (unpaired) electrons. The van der Waals surface area contributed by atoms with Crippen LogP contribution in [0.3, 0.4) is 0 Å². The Balaban J connectivity index is 2.57. The normalized spacial score (nSPS) is 12.2. The Morgan fingerprint density at radius 3 is 2.80 bits per heavy atom. The van der Waals surface area contributed by atoms with Gasteiger partial charge in [-0.15, -0.1) is 0 Å². The van der Waals surface area contributed by atoms with Crippen molar-refractivity contribution in [2.24, 2.45) is 0 Å². The molecule has 0 aromatic heterocycles. The molecule has 0 heterocycles. The highest BCUT2D eigenvalue weighted by molar-refractivity contribution is 9.09. The van der Waals surface area contributed by atoms with Gasteiger partial charge in [0.15, 0.2) is 0 Å². The molecule has 0 spiro atoms. The number of nitrogens with one attached hydrogen (secondary N) is 1. The van der Waals surface area contributed by atoms with Crippen LogP contribution in [0, 0.1) is 5.82 Å². The quantitative estimate of drug-likeness (QED) is 0.816. The van der Waals surface area contributed by atoms with Gasteiger partial charge in [0.2, 0.25) is 5.91 Å². The highest BCUT2D eigenvalue weighted by Crippen LogP contribution is 2.15. The predicted molar refractivity (Wildman–Crippen MR) is 58.2 cm³/mol. The van der Waals surface area contributed by atoms with E-state index in [0.717, 1.165) is 0 Å². The van der Waals surface area contributed by atoms with Crippen molar-refractivity contribution in [2.75, 3.05) is 11.9 Å². The molecule has 1 aromatic carbocycles. The smallest absolute Gasteiger partial charge is 0.230 e. The maximum atomic E-state index is 13.2. The second-order valence-corrected chi connectivity index (χ2v) is 3.54. The minimum Gasteiger partial charge on any atom is -0.386 e. The van der Waals surface area contributed by atoms with Crippen LogP contribution in [-0.4, -0.2) is 22.9 Å². The molecule has 0 unspecified atom stereocenters. The summed E-state index contributed by atoms with van der Waals surface area (Å²) in [5.74, 6) is -0.719. The van der Waals surface area contributed by atoms with Crippen molar-refractivity contribution in [3.63, 3.8) is 0 Å². The fourth-order valence-electron chi connectivity index (χ4n) is 1.11. The summed E-state index contributed by atoms with van der Waals surface area (Å²) in [5.41, 5.74) is 0.187. The van der Waals surface area contributed by atoms with Crippen molar-refractivity contribution in [3.8, 4) is 0 Å².